The van der Waals surface area contributed by atoms with Crippen LogP contribution in [0.2, 0.25) is 0 Å². The molecular weight excluding hydrogens is 485 g/mol. The fourth-order valence-electron chi connectivity index (χ4n) is 2.98. The van der Waals surface area contributed by atoms with Crippen LogP contribution in [-0.4, -0.2) is 32.4 Å². The first-order valence-electron chi connectivity index (χ1n) is 11.3. The summed E-state index contributed by atoms with van der Waals surface area (Å²) in [5.41, 5.74) is 1.36. The lowest BCUT2D eigenvalue weighted by Gasteiger charge is -2.18. The highest BCUT2D eigenvalue weighted by atomic mass is 32.2. The van der Waals surface area contributed by atoms with Crippen LogP contribution in [0.1, 0.15) is 31.9 Å². The molecule has 0 aromatic heterocycles. The first-order valence-corrected chi connectivity index (χ1v) is 12.3. The van der Waals surface area contributed by atoms with E-state index in [9.17, 15) is 22.8 Å². The number of halogens is 3. The highest BCUT2D eigenvalue weighted by molar-refractivity contribution is 7.99. The molecule has 0 aliphatic rings. The molecule has 0 heterocycles. The second kappa shape index (κ2) is 15.7. The predicted octanol–water partition coefficient (Wildman–Crippen LogP) is 6.89. The van der Waals surface area contributed by atoms with Crippen molar-refractivity contribution in [2.45, 2.75) is 37.5 Å². The van der Waals surface area contributed by atoms with Crippen molar-refractivity contribution in [3.05, 3.63) is 89.2 Å². The fourth-order valence-corrected chi connectivity index (χ4v) is 3.64. The average Bonchev–Trinajstić information content (AvgIpc) is 2.86. The number of nitrogens with one attached hydrogen (secondary N) is 2. The summed E-state index contributed by atoms with van der Waals surface area (Å²) in [5.74, 6) is -0.397. The van der Waals surface area contributed by atoms with E-state index >= 15 is 0 Å². The van der Waals surface area contributed by atoms with Crippen molar-refractivity contribution in [3.8, 4) is 0 Å². The molecule has 0 atom stereocenters. The number of para-hydroxylation sites is 1. The van der Waals surface area contributed by atoms with Gasteiger partial charge in [-0.3, -0.25) is 0 Å². The van der Waals surface area contributed by atoms with Gasteiger partial charge in [-0.25, -0.2) is 13.2 Å². The van der Waals surface area contributed by atoms with Crippen molar-refractivity contribution in [1.82, 2.24) is 0 Å². The number of benzene rings is 3. The van der Waals surface area contributed by atoms with Crippen molar-refractivity contribution < 1.29 is 22.8 Å². The Morgan fingerprint density at radius 3 is 1.89 bits per heavy atom. The Morgan fingerprint density at radius 1 is 0.861 bits per heavy atom. The van der Waals surface area contributed by atoms with E-state index in [0.717, 1.165) is 23.9 Å². The van der Waals surface area contributed by atoms with Crippen molar-refractivity contribution in [1.29, 1.82) is 0 Å². The number of carbonyl (C=O) groups excluding carboxylic acids is 2. The van der Waals surface area contributed by atoms with Gasteiger partial charge in [-0.05, 0) is 61.6 Å². The van der Waals surface area contributed by atoms with E-state index in [1.54, 1.807) is 33.0 Å². The summed E-state index contributed by atoms with van der Waals surface area (Å²) >= 11 is 1.81. The van der Waals surface area contributed by atoms with Gasteiger partial charge in [-0.1, -0.05) is 31.2 Å². The molecular formula is C28H33F3N2O2S. The number of hydrogen-bond donors (Lipinski definition) is 2. The van der Waals surface area contributed by atoms with Gasteiger partial charge in [0.15, 0.2) is 0 Å². The quantitative estimate of drug-likeness (QED) is 0.251. The summed E-state index contributed by atoms with van der Waals surface area (Å²) in [5, 5.41) is 5.25. The molecule has 0 bridgehead atoms. The first-order chi connectivity index (χ1) is 17.1. The van der Waals surface area contributed by atoms with E-state index < -0.39 is 17.0 Å². The standard InChI is InChI=1S/C11H14FNO.C10H12OS.C7H7F2N/c1-11(2,7-14)9-5-4-8(13-3)6-10(9)12;1-2-12-10-5-3-9(4-6-10)7-8-11;1-10-7-5(8)3-2-4-6(7)9/h4-7,13H,1-3H3;3-6,8H,2,7H2,1H3;2-4,10H,1H3. The number of rotatable bonds is 8. The van der Waals surface area contributed by atoms with Crippen molar-refractivity contribution in [3.63, 3.8) is 0 Å². The molecule has 2 N–H and O–H groups in total. The summed E-state index contributed by atoms with van der Waals surface area (Å²) < 4.78 is 38.6. The van der Waals surface area contributed by atoms with Gasteiger partial charge >= 0.3 is 0 Å². The Hall–Kier alpha value is -3.26. The van der Waals surface area contributed by atoms with Gasteiger partial charge in [0.2, 0.25) is 0 Å². The Morgan fingerprint density at radius 2 is 1.47 bits per heavy atom. The molecule has 0 radical (unpaired) electrons. The summed E-state index contributed by atoms with van der Waals surface area (Å²) in [6.07, 6.45) is 2.21. The van der Waals surface area contributed by atoms with Gasteiger partial charge < -0.3 is 20.2 Å². The number of anilines is 2. The average molecular weight is 519 g/mol. The highest BCUT2D eigenvalue weighted by Gasteiger charge is 2.23. The Bertz CT molecular complexity index is 1090. The van der Waals surface area contributed by atoms with Crippen LogP contribution in [-0.2, 0) is 21.4 Å². The monoisotopic (exact) mass is 518 g/mol. The lowest BCUT2D eigenvalue weighted by Crippen LogP contribution is -2.20. The van der Waals surface area contributed by atoms with Crippen molar-refractivity contribution in [2.24, 2.45) is 0 Å². The molecule has 0 saturated carbocycles. The molecule has 194 valence electrons. The van der Waals surface area contributed by atoms with Crippen molar-refractivity contribution >= 4 is 35.7 Å². The van der Waals surface area contributed by atoms with Gasteiger partial charge in [-0.15, -0.1) is 11.8 Å². The molecule has 3 aromatic rings. The van der Waals surface area contributed by atoms with Gasteiger partial charge in [0.1, 0.15) is 35.7 Å². The van der Waals surface area contributed by atoms with Crippen LogP contribution >= 0.6 is 11.8 Å². The molecule has 0 spiro atoms. The van der Waals surface area contributed by atoms with Gasteiger partial charge in [-0.2, -0.15) is 0 Å². The predicted molar refractivity (Wildman–Crippen MR) is 144 cm³/mol. The molecule has 0 saturated heterocycles. The second-order valence-electron chi connectivity index (χ2n) is 8.08. The molecule has 36 heavy (non-hydrogen) atoms. The van der Waals surface area contributed by atoms with Gasteiger partial charge in [0.25, 0.3) is 0 Å². The summed E-state index contributed by atoms with van der Waals surface area (Å²) in [6.45, 7) is 5.51. The SMILES string of the molecule is CCSc1ccc(CC=O)cc1.CNc1c(F)cccc1F.CNc1ccc(C(C)(C)C=O)c(F)c1. The van der Waals surface area contributed by atoms with E-state index in [4.69, 9.17) is 0 Å². The molecule has 0 amide bonds. The smallest absolute Gasteiger partial charge is 0.149 e. The van der Waals surface area contributed by atoms with Crippen LogP contribution in [0.4, 0.5) is 24.5 Å². The van der Waals surface area contributed by atoms with Crippen LogP contribution in [0.5, 0.6) is 0 Å². The van der Waals surface area contributed by atoms with Crippen molar-refractivity contribution in [2.75, 3.05) is 30.5 Å². The molecule has 0 aliphatic heterocycles. The fraction of sp³-hybridized carbons (Fsp3) is 0.286. The topological polar surface area (TPSA) is 58.2 Å². The van der Waals surface area contributed by atoms with E-state index in [-0.39, 0.29) is 11.5 Å². The molecule has 4 nitrogen and oxygen atoms in total. The third-order valence-electron chi connectivity index (χ3n) is 5.01. The largest absolute Gasteiger partial charge is 0.388 e. The Balaban J connectivity index is 0.000000274. The molecule has 8 heteroatoms. The minimum atomic E-state index is -0.768. The van der Waals surface area contributed by atoms with E-state index in [2.05, 4.69) is 29.7 Å². The molecule has 0 unspecified atom stereocenters. The van der Waals surface area contributed by atoms with Gasteiger partial charge in [0, 0.05) is 42.1 Å². The van der Waals surface area contributed by atoms with E-state index in [1.807, 2.05) is 23.9 Å². The van der Waals surface area contributed by atoms with E-state index in [1.165, 1.54) is 36.2 Å². The normalized spacial score (nSPS) is 10.2. The van der Waals surface area contributed by atoms with Crippen LogP contribution in [0.15, 0.2) is 65.6 Å². The molecule has 3 aromatic carbocycles. The van der Waals surface area contributed by atoms with Crippen LogP contribution in [0.25, 0.3) is 0 Å². The van der Waals surface area contributed by atoms with Crippen LogP contribution in [0.3, 0.4) is 0 Å². The summed E-state index contributed by atoms with van der Waals surface area (Å²) in [4.78, 5) is 22.2. The maximum Gasteiger partial charge on any atom is 0.149 e. The summed E-state index contributed by atoms with van der Waals surface area (Å²) in [7, 11) is 3.20. The highest BCUT2D eigenvalue weighted by Crippen LogP contribution is 2.25. The van der Waals surface area contributed by atoms with E-state index in [0.29, 0.717) is 17.7 Å². The summed E-state index contributed by atoms with van der Waals surface area (Å²) in [6, 6.07) is 16.6. The third-order valence-corrected chi connectivity index (χ3v) is 5.91. The van der Waals surface area contributed by atoms with Gasteiger partial charge in [0.05, 0.1) is 0 Å². The zero-order chi connectivity index (χ0) is 27.1. The molecule has 0 fully saturated rings. The minimum Gasteiger partial charge on any atom is -0.388 e. The number of thioether (sulfide) groups is 1. The molecule has 0 aliphatic carbocycles. The molecule has 3 rings (SSSR count). The third kappa shape index (κ3) is 9.77. The lowest BCUT2D eigenvalue weighted by atomic mass is 9.86. The first kappa shape index (κ1) is 30.8. The van der Waals surface area contributed by atoms with Crippen LogP contribution < -0.4 is 10.6 Å². The Kier molecular flexibility index (Phi) is 13.4. The number of carbonyl (C=O) groups is 2. The number of hydrogen-bond acceptors (Lipinski definition) is 5. The maximum atomic E-state index is 13.5. The zero-order valence-corrected chi connectivity index (χ0v) is 22.0. The maximum absolute atomic E-state index is 13.5. The zero-order valence-electron chi connectivity index (χ0n) is 21.2. The Labute approximate surface area is 215 Å². The van der Waals surface area contributed by atoms with Crippen LogP contribution in [0, 0.1) is 17.5 Å². The minimum absolute atomic E-state index is 0.0810. The lowest BCUT2D eigenvalue weighted by molar-refractivity contribution is -0.111. The number of aldehydes is 2. The second-order valence-corrected chi connectivity index (χ2v) is 9.42.